The van der Waals surface area contributed by atoms with Gasteiger partial charge in [0.05, 0.1) is 16.3 Å². The highest BCUT2D eigenvalue weighted by molar-refractivity contribution is 5.76. The molecule has 0 bridgehead atoms. The van der Waals surface area contributed by atoms with E-state index < -0.39 is 0 Å². The molecule has 0 spiro atoms. The number of benzene rings is 1. The van der Waals surface area contributed by atoms with Crippen molar-refractivity contribution in [1.82, 2.24) is 0 Å². The van der Waals surface area contributed by atoms with E-state index in [-0.39, 0.29) is 10.6 Å². The number of nitro benzene ring substituents is 1. The molecular formula is C10H13N3O2. The third-order valence-corrected chi connectivity index (χ3v) is 2.68. The van der Waals surface area contributed by atoms with E-state index in [0.717, 1.165) is 24.5 Å². The first-order valence-corrected chi connectivity index (χ1v) is 4.83. The maximum absolute atomic E-state index is 10.8. The van der Waals surface area contributed by atoms with E-state index in [0.29, 0.717) is 5.56 Å². The molecule has 1 aromatic rings. The quantitative estimate of drug-likeness (QED) is 0.563. The molecule has 0 unspecified atom stereocenters. The fraction of sp³-hybridized carbons (Fsp3) is 0.400. The molecule has 80 valence electrons. The lowest BCUT2D eigenvalue weighted by Crippen LogP contribution is -2.30. The highest BCUT2D eigenvalue weighted by atomic mass is 16.6. The molecule has 1 aliphatic rings. The lowest BCUT2D eigenvalue weighted by Gasteiger charge is -2.28. The normalized spacial score (nSPS) is 14.4. The molecule has 0 fully saturated rings. The van der Waals surface area contributed by atoms with Crippen LogP contribution in [0.3, 0.4) is 0 Å². The van der Waals surface area contributed by atoms with Crippen LogP contribution in [0.2, 0.25) is 0 Å². The minimum absolute atomic E-state index is 0.177. The summed E-state index contributed by atoms with van der Waals surface area (Å²) in [5, 5.41) is 13.9. The number of nitrogens with zero attached hydrogens (tertiary/aromatic N) is 2. The Morgan fingerprint density at radius 1 is 1.53 bits per heavy atom. The highest BCUT2D eigenvalue weighted by Gasteiger charge is 2.19. The van der Waals surface area contributed by atoms with Gasteiger partial charge in [-0.15, -0.1) is 0 Å². The second kappa shape index (κ2) is 3.42. The van der Waals surface area contributed by atoms with Gasteiger partial charge in [-0.25, -0.2) is 0 Å². The third-order valence-electron chi connectivity index (χ3n) is 2.68. The van der Waals surface area contributed by atoms with E-state index in [1.54, 1.807) is 13.0 Å². The molecule has 0 aromatic heterocycles. The minimum Gasteiger partial charge on any atom is -0.381 e. The van der Waals surface area contributed by atoms with Gasteiger partial charge in [-0.1, -0.05) is 0 Å². The first kappa shape index (κ1) is 9.76. The first-order valence-electron chi connectivity index (χ1n) is 4.83. The van der Waals surface area contributed by atoms with E-state index in [2.05, 4.69) is 10.2 Å². The van der Waals surface area contributed by atoms with Crippen LogP contribution in [0.4, 0.5) is 17.1 Å². The average Bonchev–Trinajstić information content (AvgIpc) is 2.18. The molecule has 5 heteroatoms. The van der Waals surface area contributed by atoms with E-state index in [1.165, 1.54) is 0 Å². The Labute approximate surface area is 87.8 Å². The molecule has 0 saturated heterocycles. The van der Waals surface area contributed by atoms with Gasteiger partial charge in [0.2, 0.25) is 0 Å². The number of fused-ring (bicyclic) bond motifs is 1. The summed E-state index contributed by atoms with van der Waals surface area (Å²) in [4.78, 5) is 12.5. The Balaban J connectivity index is 2.54. The van der Waals surface area contributed by atoms with Gasteiger partial charge in [-0.2, -0.15) is 0 Å². The molecule has 0 radical (unpaired) electrons. The van der Waals surface area contributed by atoms with Crippen molar-refractivity contribution in [2.75, 3.05) is 30.4 Å². The Kier molecular flexibility index (Phi) is 2.22. The lowest BCUT2D eigenvalue weighted by molar-refractivity contribution is -0.385. The van der Waals surface area contributed by atoms with Crippen LogP contribution in [0, 0.1) is 17.0 Å². The molecule has 1 aliphatic heterocycles. The number of hydrogen-bond donors (Lipinski definition) is 1. The van der Waals surface area contributed by atoms with Crippen LogP contribution in [0.25, 0.3) is 0 Å². The van der Waals surface area contributed by atoms with Crippen molar-refractivity contribution in [1.29, 1.82) is 0 Å². The molecule has 15 heavy (non-hydrogen) atoms. The van der Waals surface area contributed by atoms with Gasteiger partial charge in [0.15, 0.2) is 0 Å². The van der Waals surface area contributed by atoms with Crippen molar-refractivity contribution in [2.24, 2.45) is 0 Å². The van der Waals surface area contributed by atoms with Gasteiger partial charge < -0.3 is 10.2 Å². The molecule has 0 amide bonds. The minimum atomic E-state index is -0.341. The smallest absolute Gasteiger partial charge is 0.274 e. The topological polar surface area (TPSA) is 58.4 Å². The van der Waals surface area contributed by atoms with Gasteiger partial charge in [0, 0.05) is 31.8 Å². The zero-order chi connectivity index (χ0) is 11.0. The number of likely N-dealkylation sites (N-methyl/N-ethyl adjacent to an activating group) is 1. The summed E-state index contributed by atoms with van der Waals surface area (Å²) in [5.41, 5.74) is 2.76. The second-order valence-corrected chi connectivity index (χ2v) is 3.76. The van der Waals surface area contributed by atoms with Crippen LogP contribution < -0.4 is 10.2 Å². The summed E-state index contributed by atoms with van der Waals surface area (Å²) in [6, 6.07) is 3.47. The summed E-state index contributed by atoms with van der Waals surface area (Å²) < 4.78 is 0. The van der Waals surface area contributed by atoms with Crippen LogP contribution in [0.1, 0.15) is 5.56 Å². The molecule has 1 heterocycles. The Bertz CT molecular complexity index is 417. The average molecular weight is 207 g/mol. The SMILES string of the molecule is Cc1cc2c(cc1[N+](=O)[O-])NCCN2C. The first-order chi connectivity index (χ1) is 7.09. The van der Waals surface area contributed by atoms with Crippen molar-refractivity contribution < 1.29 is 4.92 Å². The van der Waals surface area contributed by atoms with E-state index >= 15 is 0 Å². The van der Waals surface area contributed by atoms with Crippen molar-refractivity contribution >= 4 is 17.1 Å². The highest BCUT2D eigenvalue weighted by Crippen LogP contribution is 2.34. The van der Waals surface area contributed by atoms with Gasteiger partial charge >= 0.3 is 0 Å². The molecular weight excluding hydrogens is 194 g/mol. The molecule has 0 saturated carbocycles. The number of anilines is 2. The number of rotatable bonds is 1. The number of hydrogen-bond acceptors (Lipinski definition) is 4. The molecule has 1 N–H and O–H groups in total. The maximum Gasteiger partial charge on any atom is 0.274 e. The number of nitro groups is 1. The predicted molar refractivity (Wildman–Crippen MR) is 59.6 cm³/mol. The van der Waals surface area contributed by atoms with Crippen molar-refractivity contribution in [3.63, 3.8) is 0 Å². The van der Waals surface area contributed by atoms with Crippen LogP contribution >= 0.6 is 0 Å². The van der Waals surface area contributed by atoms with Crippen LogP contribution in [0.15, 0.2) is 12.1 Å². The molecule has 0 aliphatic carbocycles. The summed E-state index contributed by atoms with van der Waals surface area (Å²) in [5.74, 6) is 0. The largest absolute Gasteiger partial charge is 0.381 e. The Morgan fingerprint density at radius 3 is 2.93 bits per heavy atom. The van der Waals surface area contributed by atoms with Crippen LogP contribution in [-0.4, -0.2) is 25.1 Å². The summed E-state index contributed by atoms with van der Waals surface area (Å²) >= 11 is 0. The standard InChI is InChI=1S/C10H13N3O2/c1-7-5-10-8(6-9(7)13(14)15)11-3-4-12(10)2/h5-6,11H,3-4H2,1-2H3. The van der Waals surface area contributed by atoms with E-state index in [1.807, 2.05) is 13.1 Å². The zero-order valence-electron chi connectivity index (χ0n) is 8.78. The van der Waals surface area contributed by atoms with Crippen LogP contribution in [0.5, 0.6) is 0 Å². The van der Waals surface area contributed by atoms with Gasteiger partial charge in [-0.05, 0) is 13.0 Å². The second-order valence-electron chi connectivity index (χ2n) is 3.76. The van der Waals surface area contributed by atoms with Crippen molar-refractivity contribution in [3.8, 4) is 0 Å². The summed E-state index contributed by atoms with van der Waals surface area (Å²) in [6.07, 6.45) is 0. The molecule has 5 nitrogen and oxygen atoms in total. The molecule has 1 aromatic carbocycles. The van der Waals surface area contributed by atoms with Crippen LogP contribution in [-0.2, 0) is 0 Å². The monoisotopic (exact) mass is 207 g/mol. The molecule has 0 atom stereocenters. The van der Waals surface area contributed by atoms with Gasteiger partial charge in [-0.3, -0.25) is 10.1 Å². The van der Waals surface area contributed by atoms with Crippen molar-refractivity contribution in [3.05, 3.63) is 27.8 Å². The fourth-order valence-electron chi connectivity index (χ4n) is 1.81. The predicted octanol–water partition coefficient (Wildman–Crippen LogP) is 1.76. The Morgan fingerprint density at radius 2 is 2.27 bits per heavy atom. The number of aryl methyl sites for hydroxylation is 1. The third kappa shape index (κ3) is 1.60. The van der Waals surface area contributed by atoms with E-state index in [9.17, 15) is 10.1 Å². The fourth-order valence-corrected chi connectivity index (χ4v) is 1.81. The Hall–Kier alpha value is -1.78. The maximum atomic E-state index is 10.8. The lowest BCUT2D eigenvalue weighted by atomic mass is 10.1. The van der Waals surface area contributed by atoms with E-state index in [4.69, 9.17) is 0 Å². The van der Waals surface area contributed by atoms with Gasteiger partial charge in [0.25, 0.3) is 5.69 Å². The zero-order valence-corrected chi connectivity index (χ0v) is 8.78. The van der Waals surface area contributed by atoms with Crippen molar-refractivity contribution in [2.45, 2.75) is 6.92 Å². The number of nitrogens with one attached hydrogen (secondary N) is 1. The van der Waals surface area contributed by atoms with Gasteiger partial charge in [0.1, 0.15) is 0 Å². The molecule has 2 rings (SSSR count). The summed E-state index contributed by atoms with van der Waals surface area (Å²) in [7, 11) is 1.99. The summed E-state index contributed by atoms with van der Waals surface area (Å²) in [6.45, 7) is 3.51.